The first kappa shape index (κ1) is 28.6. The van der Waals surface area contributed by atoms with Gasteiger partial charge >= 0.3 is 0 Å². The van der Waals surface area contributed by atoms with Crippen molar-refractivity contribution in [3.63, 3.8) is 0 Å². The van der Waals surface area contributed by atoms with Gasteiger partial charge in [0, 0.05) is 49.0 Å². The molecule has 0 spiro atoms. The van der Waals surface area contributed by atoms with Gasteiger partial charge < -0.3 is 9.64 Å². The Hall–Kier alpha value is -5.38. The van der Waals surface area contributed by atoms with Crippen LogP contribution in [0.1, 0.15) is 41.4 Å². The van der Waals surface area contributed by atoms with Crippen LogP contribution in [0, 0.1) is 0 Å². The molecule has 10 rings (SSSR count). The molecule has 1 aliphatic heterocycles. The van der Waals surface area contributed by atoms with Crippen LogP contribution in [0.4, 0.5) is 5.69 Å². The van der Waals surface area contributed by atoms with Gasteiger partial charge in [-0.1, -0.05) is 121 Å². The summed E-state index contributed by atoms with van der Waals surface area (Å²) < 4.78 is 8.96. The maximum absolute atomic E-state index is 6.29. The van der Waals surface area contributed by atoms with Crippen molar-refractivity contribution in [3.05, 3.63) is 186 Å². The van der Waals surface area contributed by atoms with E-state index in [1.165, 1.54) is 64.6 Å². The Morgan fingerprint density at radius 3 is 2.47 bits per heavy atom. The minimum absolute atomic E-state index is 0.102. The van der Waals surface area contributed by atoms with Gasteiger partial charge in [-0.2, -0.15) is 0 Å². The van der Waals surface area contributed by atoms with E-state index < -0.39 is 0 Å². The molecule has 3 aliphatic carbocycles. The molecule has 4 unspecified atom stereocenters. The number of hydrogen-bond acceptors (Lipinski definition) is 3. The summed E-state index contributed by atoms with van der Waals surface area (Å²) in [6.07, 6.45) is 24.8. The lowest BCUT2D eigenvalue weighted by Crippen LogP contribution is -2.36. The molecule has 4 atom stereocenters. The Labute approximate surface area is 291 Å². The third-order valence-electron chi connectivity index (χ3n) is 10.7. The normalized spacial score (nSPS) is 22.2. The molecule has 2 nitrogen and oxygen atoms in total. The van der Waals surface area contributed by atoms with E-state index in [1.54, 1.807) is 0 Å². The van der Waals surface area contributed by atoms with E-state index >= 15 is 0 Å². The molecule has 0 bridgehead atoms. The van der Waals surface area contributed by atoms with Crippen LogP contribution < -0.4 is 9.64 Å². The molecule has 49 heavy (non-hydrogen) atoms. The average molecular weight is 650 g/mol. The molecule has 0 N–H and O–H groups in total. The Morgan fingerprint density at radius 1 is 0.694 bits per heavy atom. The van der Waals surface area contributed by atoms with Crippen molar-refractivity contribution < 1.29 is 4.74 Å². The molecule has 0 saturated carbocycles. The highest BCUT2D eigenvalue weighted by atomic mass is 32.1. The fourth-order valence-corrected chi connectivity index (χ4v) is 9.48. The summed E-state index contributed by atoms with van der Waals surface area (Å²) in [5.74, 6) is 1.59. The number of hydrogen-bond donors (Lipinski definition) is 0. The molecule has 2 heterocycles. The Kier molecular flexibility index (Phi) is 6.80. The first-order valence-corrected chi connectivity index (χ1v) is 18.2. The highest BCUT2D eigenvalue weighted by Crippen LogP contribution is 2.46. The van der Waals surface area contributed by atoms with Crippen molar-refractivity contribution in [2.24, 2.45) is 0 Å². The predicted molar refractivity (Wildman–Crippen MR) is 208 cm³/mol. The number of allylic oxidation sites excluding steroid dienone is 8. The van der Waals surface area contributed by atoms with Gasteiger partial charge in [0.25, 0.3) is 0 Å². The molecule has 0 fully saturated rings. The first-order chi connectivity index (χ1) is 24.3. The first-order valence-electron chi connectivity index (χ1n) is 17.4. The lowest BCUT2D eigenvalue weighted by Gasteiger charge is -2.39. The highest BCUT2D eigenvalue weighted by Gasteiger charge is 2.34. The Morgan fingerprint density at radius 2 is 1.55 bits per heavy atom. The SMILES string of the molecule is C1=CCC(c2ccccc2)C(N(c2ccc3c(c2)sc2ccccc23)C2C=CC(c3ccc4c5c(ccc4c3)OC3C=CC=CC53)=CC2)=C1. The van der Waals surface area contributed by atoms with E-state index in [9.17, 15) is 0 Å². The molecule has 3 heteroatoms. The van der Waals surface area contributed by atoms with Gasteiger partial charge in [-0.25, -0.2) is 0 Å². The van der Waals surface area contributed by atoms with E-state index in [4.69, 9.17) is 4.74 Å². The Bertz CT molecular complexity index is 2460. The summed E-state index contributed by atoms with van der Waals surface area (Å²) in [6, 6.07) is 38.4. The topological polar surface area (TPSA) is 12.5 Å². The van der Waals surface area contributed by atoms with E-state index in [-0.39, 0.29) is 18.1 Å². The van der Waals surface area contributed by atoms with Crippen molar-refractivity contribution in [3.8, 4) is 5.75 Å². The molecule has 236 valence electrons. The second-order valence-electron chi connectivity index (χ2n) is 13.5. The molecule has 0 amide bonds. The van der Waals surface area contributed by atoms with Gasteiger partial charge in [0.05, 0.1) is 6.04 Å². The lowest BCUT2D eigenvalue weighted by atomic mass is 9.86. The summed E-state index contributed by atoms with van der Waals surface area (Å²) in [6.45, 7) is 0. The van der Waals surface area contributed by atoms with Crippen LogP contribution in [-0.4, -0.2) is 12.1 Å². The fourth-order valence-electron chi connectivity index (χ4n) is 8.34. The number of ether oxygens (including phenoxy) is 1. The minimum Gasteiger partial charge on any atom is -0.485 e. The van der Waals surface area contributed by atoms with Crippen molar-refractivity contribution in [2.75, 3.05) is 4.90 Å². The zero-order valence-electron chi connectivity index (χ0n) is 27.1. The van der Waals surface area contributed by atoms with Crippen molar-refractivity contribution >= 4 is 53.5 Å². The number of anilines is 1. The summed E-state index contributed by atoms with van der Waals surface area (Å²) in [4.78, 5) is 2.61. The average Bonchev–Trinajstić information content (AvgIpc) is 3.74. The van der Waals surface area contributed by atoms with Crippen LogP contribution in [0.2, 0.25) is 0 Å². The number of fused-ring (bicyclic) bond motifs is 8. The van der Waals surface area contributed by atoms with E-state index in [2.05, 4.69) is 169 Å². The maximum Gasteiger partial charge on any atom is 0.128 e. The summed E-state index contributed by atoms with van der Waals surface area (Å²) in [5, 5.41) is 5.23. The highest BCUT2D eigenvalue weighted by molar-refractivity contribution is 7.25. The second-order valence-corrected chi connectivity index (χ2v) is 14.6. The van der Waals surface area contributed by atoms with E-state index in [1.807, 2.05) is 11.3 Å². The smallest absolute Gasteiger partial charge is 0.128 e. The number of nitrogens with zero attached hydrogens (tertiary/aromatic N) is 1. The molecule has 1 aromatic heterocycles. The van der Waals surface area contributed by atoms with Crippen molar-refractivity contribution in [2.45, 2.75) is 36.8 Å². The van der Waals surface area contributed by atoms with Gasteiger partial charge in [0.2, 0.25) is 0 Å². The number of thiophene rings is 1. The largest absolute Gasteiger partial charge is 0.485 e. The van der Waals surface area contributed by atoms with Crippen LogP contribution in [0.5, 0.6) is 5.75 Å². The summed E-state index contributed by atoms with van der Waals surface area (Å²) >= 11 is 1.89. The Balaban J connectivity index is 1.01. The molecule has 0 radical (unpaired) electrons. The summed E-state index contributed by atoms with van der Waals surface area (Å²) in [7, 11) is 0. The maximum atomic E-state index is 6.29. The predicted octanol–water partition coefficient (Wildman–Crippen LogP) is 12.0. The van der Waals surface area contributed by atoms with Gasteiger partial charge in [-0.3, -0.25) is 0 Å². The van der Waals surface area contributed by atoms with E-state index in [0.29, 0.717) is 5.92 Å². The standard InChI is InChI=1S/C46H35NOS/c1-2-10-31(11-3-1)36-12-4-7-15-41(36)47(35-24-26-39-38-13-6-9-17-44(38)49-45(39)29-35)34-22-18-30(19-23-34)32-20-25-37-33(28-32)21-27-43-46(37)40-14-5-8-16-42(40)48-43/h1-11,13-22,24-29,34,36,40,42H,12,23H2. The quantitative estimate of drug-likeness (QED) is 0.184. The summed E-state index contributed by atoms with van der Waals surface area (Å²) in [5.41, 5.74) is 7.83. The van der Waals surface area contributed by atoms with Crippen LogP contribution in [0.25, 0.3) is 36.5 Å². The molecular formula is C46H35NOS. The number of rotatable bonds is 5. The third-order valence-corrected chi connectivity index (χ3v) is 11.8. The van der Waals surface area contributed by atoms with Crippen LogP contribution in [0.3, 0.4) is 0 Å². The fraction of sp³-hybridized carbons (Fsp3) is 0.130. The molecule has 5 aromatic carbocycles. The van der Waals surface area contributed by atoms with Gasteiger partial charge in [-0.05, 0) is 82.8 Å². The van der Waals surface area contributed by atoms with Gasteiger partial charge in [0.1, 0.15) is 11.9 Å². The van der Waals surface area contributed by atoms with Gasteiger partial charge in [-0.15, -0.1) is 11.3 Å². The monoisotopic (exact) mass is 649 g/mol. The number of benzene rings is 5. The molecule has 4 aliphatic rings. The second kappa shape index (κ2) is 11.6. The van der Waals surface area contributed by atoms with Crippen LogP contribution >= 0.6 is 11.3 Å². The third kappa shape index (κ3) is 4.83. The minimum atomic E-state index is 0.102. The molecule has 6 aromatic rings. The zero-order chi connectivity index (χ0) is 32.3. The van der Waals surface area contributed by atoms with Crippen molar-refractivity contribution in [1.29, 1.82) is 0 Å². The molecule has 0 saturated heterocycles. The van der Waals surface area contributed by atoms with Crippen LogP contribution in [-0.2, 0) is 0 Å². The molecular weight excluding hydrogens is 615 g/mol. The van der Waals surface area contributed by atoms with Crippen molar-refractivity contribution in [1.82, 2.24) is 0 Å². The lowest BCUT2D eigenvalue weighted by molar-refractivity contribution is 0.269. The van der Waals surface area contributed by atoms with E-state index in [0.717, 1.165) is 18.6 Å². The van der Waals surface area contributed by atoms with Gasteiger partial charge in [0.15, 0.2) is 0 Å². The zero-order valence-corrected chi connectivity index (χ0v) is 27.9. The van der Waals surface area contributed by atoms with Crippen LogP contribution in [0.15, 0.2) is 170 Å².